The molecule has 2 rings (SSSR count). The van der Waals surface area contributed by atoms with Crippen molar-refractivity contribution in [3.63, 3.8) is 0 Å². The molecule has 0 saturated carbocycles. The van der Waals surface area contributed by atoms with Gasteiger partial charge in [-0.05, 0) is 59.8 Å². The van der Waals surface area contributed by atoms with Crippen molar-refractivity contribution in [3.05, 3.63) is 43.8 Å². The minimum Gasteiger partial charge on any atom is -0.310 e. The van der Waals surface area contributed by atoms with Crippen molar-refractivity contribution in [2.75, 3.05) is 6.54 Å². The largest absolute Gasteiger partial charge is 0.310 e. The van der Waals surface area contributed by atoms with Crippen LogP contribution in [0.4, 0.5) is 0 Å². The second-order valence-electron chi connectivity index (χ2n) is 4.73. The average molecular weight is 420 g/mol. The predicted molar refractivity (Wildman–Crippen MR) is 98.8 cm³/mol. The summed E-state index contributed by atoms with van der Waals surface area (Å²) in [6.07, 6.45) is 2.36. The Balaban J connectivity index is 2.27. The molecule has 1 nitrogen and oxygen atoms in total. The van der Waals surface area contributed by atoms with Gasteiger partial charge in [-0.15, -0.1) is 11.3 Å². The van der Waals surface area contributed by atoms with E-state index >= 15 is 0 Å². The highest BCUT2D eigenvalue weighted by atomic mass is 127. The molecule has 0 saturated heterocycles. The van der Waals surface area contributed by atoms with Gasteiger partial charge in [0.05, 0.1) is 5.02 Å². The van der Waals surface area contributed by atoms with Crippen molar-refractivity contribution in [2.45, 2.75) is 32.7 Å². The van der Waals surface area contributed by atoms with E-state index < -0.39 is 0 Å². The molecule has 0 radical (unpaired) electrons. The quantitative estimate of drug-likeness (QED) is 0.556. The standard InChI is InChI=1S/C16H19ClINS/c1-3-5-14(19-4-2)16-9-8-15(20-16)12-7-6-11(18)10-13(12)17/h6-10,14,19H,3-5H2,1-2H3. The first-order valence-corrected chi connectivity index (χ1v) is 9.21. The predicted octanol–water partition coefficient (Wildman–Crippen LogP) is 6.12. The fourth-order valence-corrected chi connectivity index (χ4v) is 4.43. The minimum absolute atomic E-state index is 0.464. The van der Waals surface area contributed by atoms with Crippen LogP contribution in [0.5, 0.6) is 0 Å². The number of halogens is 2. The Bertz CT molecular complexity index is 561. The number of hydrogen-bond acceptors (Lipinski definition) is 2. The molecule has 20 heavy (non-hydrogen) atoms. The molecule has 1 unspecified atom stereocenters. The summed E-state index contributed by atoms with van der Waals surface area (Å²) < 4.78 is 1.17. The fourth-order valence-electron chi connectivity index (χ4n) is 2.25. The lowest BCUT2D eigenvalue weighted by Crippen LogP contribution is -2.19. The Labute approximate surface area is 143 Å². The Kier molecular flexibility index (Phi) is 6.33. The van der Waals surface area contributed by atoms with Crippen molar-refractivity contribution >= 4 is 45.5 Å². The maximum absolute atomic E-state index is 6.36. The molecule has 0 spiro atoms. The van der Waals surface area contributed by atoms with Crippen LogP contribution in [-0.4, -0.2) is 6.54 Å². The zero-order valence-corrected chi connectivity index (χ0v) is 15.5. The van der Waals surface area contributed by atoms with Crippen molar-refractivity contribution in [3.8, 4) is 10.4 Å². The van der Waals surface area contributed by atoms with E-state index in [0.717, 1.165) is 17.1 Å². The molecule has 1 atom stereocenters. The van der Waals surface area contributed by atoms with E-state index in [4.69, 9.17) is 11.6 Å². The van der Waals surface area contributed by atoms with Gasteiger partial charge in [-0.25, -0.2) is 0 Å². The van der Waals surface area contributed by atoms with Gasteiger partial charge in [-0.2, -0.15) is 0 Å². The summed E-state index contributed by atoms with van der Waals surface area (Å²) in [5.74, 6) is 0. The molecular weight excluding hydrogens is 401 g/mol. The van der Waals surface area contributed by atoms with Gasteiger partial charge in [0.25, 0.3) is 0 Å². The number of benzene rings is 1. The van der Waals surface area contributed by atoms with Crippen molar-refractivity contribution in [1.29, 1.82) is 0 Å². The highest BCUT2D eigenvalue weighted by Crippen LogP contribution is 2.37. The molecule has 0 aliphatic carbocycles. The molecule has 1 aromatic carbocycles. The van der Waals surface area contributed by atoms with E-state index in [9.17, 15) is 0 Å². The lowest BCUT2D eigenvalue weighted by Gasteiger charge is -2.15. The van der Waals surface area contributed by atoms with Gasteiger partial charge in [0.15, 0.2) is 0 Å². The van der Waals surface area contributed by atoms with Gasteiger partial charge in [0.2, 0.25) is 0 Å². The highest BCUT2D eigenvalue weighted by Gasteiger charge is 2.13. The lowest BCUT2D eigenvalue weighted by atomic mass is 10.1. The van der Waals surface area contributed by atoms with Gasteiger partial charge < -0.3 is 5.32 Å². The van der Waals surface area contributed by atoms with Gasteiger partial charge in [0, 0.05) is 24.9 Å². The molecular formula is C16H19ClINS. The lowest BCUT2D eigenvalue weighted by molar-refractivity contribution is 0.516. The van der Waals surface area contributed by atoms with Crippen molar-refractivity contribution in [1.82, 2.24) is 5.32 Å². The van der Waals surface area contributed by atoms with Gasteiger partial charge in [0.1, 0.15) is 0 Å². The monoisotopic (exact) mass is 419 g/mol. The van der Waals surface area contributed by atoms with Crippen LogP contribution in [-0.2, 0) is 0 Å². The number of nitrogens with one attached hydrogen (secondary N) is 1. The molecule has 2 aromatic rings. The fraction of sp³-hybridized carbons (Fsp3) is 0.375. The van der Waals surface area contributed by atoms with Crippen molar-refractivity contribution in [2.24, 2.45) is 0 Å². The number of rotatable bonds is 6. The first-order valence-electron chi connectivity index (χ1n) is 6.94. The van der Waals surface area contributed by atoms with Gasteiger partial charge in [-0.1, -0.05) is 37.9 Å². The van der Waals surface area contributed by atoms with Crippen molar-refractivity contribution < 1.29 is 0 Å². The third kappa shape index (κ3) is 3.97. The number of thiophene rings is 1. The molecule has 4 heteroatoms. The Morgan fingerprint density at radius 2 is 2.05 bits per heavy atom. The number of hydrogen-bond donors (Lipinski definition) is 1. The van der Waals surface area contributed by atoms with Gasteiger partial charge in [-0.3, -0.25) is 0 Å². The van der Waals surface area contributed by atoms with E-state index in [1.165, 1.54) is 26.2 Å². The van der Waals surface area contributed by atoms with Crippen LogP contribution in [0, 0.1) is 3.57 Å². The van der Waals surface area contributed by atoms with Crippen LogP contribution in [0.2, 0.25) is 5.02 Å². The van der Waals surface area contributed by atoms with Gasteiger partial charge >= 0.3 is 0 Å². The molecule has 108 valence electrons. The first kappa shape index (κ1) is 16.3. The highest BCUT2D eigenvalue weighted by molar-refractivity contribution is 14.1. The molecule has 0 aliphatic rings. The van der Waals surface area contributed by atoms with Crippen LogP contribution in [0.3, 0.4) is 0 Å². The Hall–Kier alpha value is -0.100. The second kappa shape index (κ2) is 7.78. The topological polar surface area (TPSA) is 12.0 Å². The molecule has 0 amide bonds. The summed E-state index contributed by atoms with van der Waals surface area (Å²) in [4.78, 5) is 2.65. The van der Waals surface area contributed by atoms with Crippen LogP contribution in [0.1, 0.15) is 37.6 Å². The van der Waals surface area contributed by atoms with Crippen LogP contribution in [0.15, 0.2) is 30.3 Å². The summed E-state index contributed by atoms with van der Waals surface area (Å²) >= 11 is 10.5. The average Bonchev–Trinajstić information content (AvgIpc) is 2.88. The maximum Gasteiger partial charge on any atom is 0.0503 e. The summed E-state index contributed by atoms with van der Waals surface area (Å²) in [5, 5.41) is 4.40. The summed E-state index contributed by atoms with van der Waals surface area (Å²) in [7, 11) is 0. The molecule has 1 N–H and O–H groups in total. The maximum atomic E-state index is 6.36. The third-order valence-corrected chi connectivity index (χ3v) is 5.41. The van der Waals surface area contributed by atoms with E-state index in [0.29, 0.717) is 6.04 Å². The minimum atomic E-state index is 0.464. The third-order valence-electron chi connectivity index (χ3n) is 3.19. The van der Waals surface area contributed by atoms with Crippen LogP contribution >= 0.6 is 45.5 Å². The molecule has 0 fully saturated rings. The normalized spacial score (nSPS) is 12.6. The van der Waals surface area contributed by atoms with E-state index in [1.807, 2.05) is 17.4 Å². The first-order chi connectivity index (χ1) is 9.65. The molecule has 1 aromatic heterocycles. The SMILES string of the molecule is CCCC(NCC)c1ccc(-c2ccc(I)cc2Cl)s1. The van der Waals surface area contributed by atoms with E-state index in [1.54, 1.807) is 0 Å². The zero-order chi connectivity index (χ0) is 14.5. The molecule has 0 bridgehead atoms. The zero-order valence-electron chi connectivity index (χ0n) is 11.7. The second-order valence-corrected chi connectivity index (χ2v) is 7.49. The molecule has 0 aliphatic heterocycles. The molecule has 1 heterocycles. The Morgan fingerprint density at radius 3 is 2.70 bits per heavy atom. The smallest absolute Gasteiger partial charge is 0.0503 e. The van der Waals surface area contributed by atoms with E-state index in [-0.39, 0.29) is 0 Å². The summed E-state index contributed by atoms with van der Waals surface area (Å²) in [6.45, 7) is 5.39. The van der Waals surface area contributed by atoms with Crippen LogP contribution in [0.25, 0.3) is 10.4 Å². The Morgan fingerprint density at radius 1 is 1.25 bits per heavy atom. The van der Waals surface area contributed by atoms with E-state index in [2.05, 4.69) is 66.0 Å². The van der Waals surface area contributed by atoms with Crippen LogP contribution < -0.4 is 5.32 Å². The summed E-state index contributed by atoms with van der Waals surface area (Å²) in [5.41, 5.74) is 1.13. The summed E-state index contributed by atoms with van der Waals surface area (Å²) in [6, 6.07) is 11.1.